The number of halogens is 2. The number of rotatable bonds is 5. The van der Waals surface area contributed by atoms with Gasteiger partial charge in [-0.3, -0.25) is 4.79 Å². The molecule has 0 aliphatic heterocycles. The monoisotopic (exact) mass is 275 g/mol. The fraction of sp³-hybridized carbons (Fsp3) is 0.273. The van der Waals surface area contributed by atoms with Gasteiger partial charge in [-0.2, -0.15) is 0 Å². The average Bonchev–Trinajstić information content (AvgIpc) is 2.28. The predicted molar refractivity (Wildman–Crippen MR) is 67.0 cm³/mol. The summed E-state index contributed by atoms with van der Waals surface area (Å²) in [6.45, 7) is 0. The molecule has 1 rings (SSSR count). The van der Waals surface area contributed by atoms with Crippen LogP contribution in [-0.4, -0.2) is 22.9 Å². The van der Waals surface area contributed by atoms with E-state index in [1.54, 1.807) is 6.07 Å². The number of carbonyl (C=O) groups is 2. The fourth-order valence-corrected chi connectivity index (χ4v) is 1.55. The highest BCUT2D eigenvalue weighted by Gasteiger charge is 2.10. The Morgan fingerprint density at radius 2 is 2.06 bits per heavy atom. The van der Waals surface area contributed by atoms with E-state index in [-0.39, 0.29) is 16.5 Å². The molecule has 1 amide bonds. The lowest BCUT2D eigenvalue weighted by Crippen LogP contribution is -2.12. The van der Waals surface area contributed by atoms with Crippen LogP contribution in [0.15, 0.2) is 18.2 Å². The minimum Gasteiger partial charge on any atom is -0.478 e. The Hall–Kier alpha value is -1.26. The molecular formula is C11H11Cl2NO3. The van der Waals surface area contributed by atoms with Gasteiger partial charge < -0.3 is 10.4 Å². The first-order valence-corrected chi connectivity index (χ1v) is 5.84. The number of carbonyl (C=O) groups excluding carboxylic acids is 1. The summed E-state index contributed by atoms with van der Waals surface area (Å²) in [5.41, 5.74) is 0.369. The Morgan fingerprint density at radius 3 is 2.65 bits per heavy atom. The second-order valence-electron chi connectivity index (χ2n) is 3.34. The number of carboxylic acid groups (broad SMARTS) is 1. The maximum Gasteiger partial charge on any atom is 0.337 e. The van der Waals surface area contributed by atoms with Crippen molar-refractivity contribution < 1.29 is 14.7 Å². The van der Waals surface area contributed by atoms with Crippen molar-refractivity contribution in [2.24, 2.45) is 0 Å². The Labute approximate surface area is 109 Å². The number of hydrogen-bond acceptors (Lipinski definition) is 2. The van der Waals surface area contributed by atoms with Crippen LogP contribution in [-0.2, 0) is 4.79 Å². The second kappa shape index (κ2) is 6.47. The average molecular weight is 276 g/mol. The van der Waals surface area contributed by atoms with Crippen molar-refractivity contribution in [2.45, 2.75) is 12.8 Å². The molecular weight excluding hydrogens is 265 g/mol. The van der Waals surface area contributed by atoms with Gasteiger partial charge in [-0.1, -0.05) is 11.6 Å². The third-order valence-corrected chi connectivity index (χ3v) is 2.61. The lowest BCUT2D eigenvalue weighted by molar-refractivity contribution is -0.116. The van der Waals surface area contributed by atoms with Crippen LogP contribution < -0.4 is 5.32 Å². The molecule has 0 radical (unpaired) electrons. The van der Waals surface area contributed by atoms with E-state index >= 15 is 0 Å². The van der Waals surface area contributed by atoms with E-state index in [1.165, 1.54) is 12.1 Å². The molecule has 92 valence electrons. The first-order valence-electron chi connectivity index (χ1n) is 4.93. The van der Waals surface area contributed by atoms with Gasteiger partial charge in [-0.05, 0) is 24.6 Å². The van der Waals surface area contributed by atoms with Crippen LogP contribution in [0.3, 0.4) is 0 Å². The summed E-state index contributed by atoms with van der Waals surface area (Å²) in [6, 6.07) is 4.30. The molecule has 0 heterocycles. The van der Waals surface area contributed by atoms with Gasteiger partial charge in [-0.25, -0.2) is 4.79 Å². The number of amides is 1. The second-order valence-corrected chi connectivity index (χ2v) is 4.13. The number of aromatic carboxylic acids is 1. The third-order valence-electron chi connectivity index (χ3n) is 2.02. The van der Waals surface area contributed by atoms with Gasteiger partial charge in [0.25, 0.3) is 0 Å². The van der Waals surface area contributed by atoms with Crippen molar-refractivity contribution >= 4 is 40.8 Å². The molecule has 0 aliphatic rings. The van der Waals surface area contributed by atoms with Crippen LogP contribution >= 0.6 is 23.2 Å². The summed E-state index contributed by atoms with van der Waals surface area (Å²) >= 11 is 11.2. The number of nitrogens with one attached hydrogen (secondary N) is 1. The van der Waals surface area contributed by atoms with Crippen LogP contribution in [0.5, 0.6) is 0 Å². The number of alkyl halides is 1. The molecule has 2 N–H and O–H groups in total. The number of anilines is 1. The highest BCUT2D eigenvalue weighted by Crippen LogP contribution is 2.20. The Balaban J connectivity index is 2.75. The Kier molecular flexibility index (Phi) is 5.25. The molecule has 6 heteroatoms. The molecule has 1 aromatic rings. The zero-order valence-corrected chi connectivity index (χ0v) is 10.4. The molecule has 4 nitrogen and oxygen atoms in total. The molecule has 0 saturated carbocycles. The normalized spacial score (nSPS) is 10.0. The summed E-state index contributed by atoms with van der Waals surface area (Å²) < 4.78 is 0. The van der Waals surface area contributed by atoms with E-state index in [9.17, 15) is 9.59 Å². The summed E-state index contributed by atoms with van der Waals surface area (Å²) in [5.74, 6) is -0.926. The first-order chi connectivity index (χ1) is 8.04. The molecule has 1 aromatic carbocycles. The van der Waals surface area contributed by atoms with E-state index in [2.05, 4.69) is 5.32 Å². The van der Waals surface area contributed by atoms with Crippen molar-refractivity contribution in [3.63, 3.8) is 0 Å². The molecule has 0 spiro atoms. The lowest BCUT2D eigenvalue weighted by Gasteiger charge is -2.06. The molecule has 0 saturated heterocycles. The number of benzene rings is 1. The van der Waals surface area contributed by atoms with Crippen molar-refractivity contribution in [2.75, 3.05) is 11.2 Å². The zero-order chi connectivity index (χ0) is 12.8. The first kappa shape index (κ1) is 13.8. The summed E-state index contributed by atoms with van der Waals surface area (Å²) in [7, 11) is 0. The maximum absolute atomic E-state index is 11.4. The van der Waals surface area contributed by atoms with Crippen LogP contribution in [0.2, 0.25) is 5.02 Å². The maximum atomic E-state index is 11.4. The Morgan fingerprint density at radius 1 is 1.35 bits per heavy atom. The van der Waals surface area contributed by atoms with Crippen LogP contribution in [0.4, 0.5) is 5.69 Å². The number of carboxylic acids is 1. The molecule has 0 aliphatic carbocycles. The van der Waals surface area contributed by atoms with E-state index in [1.807, 2.05) is 0 Å². The SMILES string of the molecule is O=C(CCCCl)Nc1ccc(Cl)c(C(=O)O)c1. The van der Waals surface area contributed by atoms with Gasteiger partial charge in [0.15, 0.2) is 0 Å². The summed E-state index contributed by atoms with van der Waals surface area (Å²) in [4.78, 5) is 22.2. The van der Waals surface area contributed by atoms with Gasteiger partial charge in [0, 0.05) is 18.0 Å². The molecule has 0 fully saturated rings. The van der Waals surface area contributed by atoms with Gasteiger partial charge in [0.1, 0.15) is 0 Å². The molecule has 0 bridgehead atoms. The molecule has 0 atom stereocenters. The van der Waals surface area contributed by atoms with E-state index in [4.69, 9.17) is 28.3 Å². The standard InChI is InChI=1S/C11H11Cl2NO3/c12-5-1-2-10(15)14-7-3-4-9(13)8(6-7)11(16)17/h3-4,6H,1-2,5H2,(H,14,15)(H,16,17). The lowest BCUT2D eigenvalue weighted by atomic mass is 10.2. The van der Waals surface area contributed by atoms with E-state index in [0.717, 1.165) is 0 Å². The fourth-order valence-electron chi connectivity index (χ4n) is 1.22. The van der Waals surface area contributed by atoms with Crippen molar-refractivity contribution in [3.05, 3.63) is 28.8 Å². The Bertz CT molecular complexity index is 435. The molecule has 17 heavy (non-hydrogen) atoms. The molecule has 0 unspecified atom stereocenters. The van der Waals surface area contributed by atoms with Gasteiger partial charge >= 0.3 is 5.97 Å². The van der Waals surface area contributed by atoms with Gasteiger partial charge in [0.2, 0.25) is 5.91 Å². The quantitative estimate of drug-likeness (QED) is 0.812. The van der Waals surface area contributed by atoms with Crippen LogP contribution in [0.1, 0.15) is 23.2 Å². The highest BCUT2D eigenvalue weighted by molar-refractivity contribution is 6.33. The minimum absolute atomic E-state index is 0.0400. The van der Waals surface area contributed by atoms with E-state index in [0.29, 0.717) is 24.4 Å². The molecule has 0 aromatic heterocycles. The zero-order valence-electron chi connectivity index (χ0n) is 8.87. The summed E-state index contributed by atoms with van der Waals surface area (Å²) in [6.07, 6.45) is 0.876. The smallest absolute Gasteiger partial charge is 0.337 e. The minimum atomic E-state index is -1.13. The van der Waals surface area contributed by atoms with E-state index < -0.39 is 5.97 Å². The predicted octanol–water partition coefficient (Wildman–Crippen LogP) is 3.00. The third kappa shape index (κ3) is 4.24. The van der Waals surface area contributed by atoms with Crippen LogP contribution in [0.25, 0.3) is 0 Å². The topological polar surface area (TPSA) is 66.4 Å². The number of hydrogen-bond donors (Lipinski definition) is 2. The largest absolute Gasteiger partial charge is 0.478 e. The summed E-state index contributed by atoms with van der Waals surface area (Å²) in [5, 5.41) is 11.6. The van der Waals surface area contributed by atoms with Gasteiger partial charge in [0.05, 0.1) is 10.6 Å². The van der Waals surface area contributed by atoms with Crippen LogP contribution in [0, 0.1) is 0 Å². The van der Waals surface area contributed by atoms with Crippen molar-refractivity contribution in [3.8, 4) is 0 Å². The van der Waals surface area contributed by atoms with Crippen molar-refractivity contribution in [1.82, 2.24) is 0 Å². The highest BCUT2D eigenvalue weighted by atomic mass is 35.5. The van der Waals surface area contributed by atoms with Crippen molar-refractivity contribution in [1.29, 1.82) is 0 Å². The van der Waals surface area contributed by atoms with Gasteiger partial charge in [-0.15, -0.1) is 11.6 Å².